The fourth-order valence-corrected chi connectivity index (χ4v) is 9.85. The number of nitrogens with one attached hydrogen (secondary N) is 3. The van der Waals surface area contributed by atoms with Crippen molar-refractivity contribution >= 4 is 23.6 Å². The van der Waals surface area contributed by atoms with E-state index in [2.05, 4.69) is 16.0 Å². The van der Waals surface area contributed by atoms with Crippen LogP contribution in [0.1, 0.15) is 72.6 Å². The number of nitriles is 1. The van der Waals surface area contributed by atoms with E-state index in [-0.39, 0.29) is 48.3 Å². The molecule has 242 valence electrons. The molecule has 13 heteroatoms. The van der Waals surface area contributed by atoms with Crippen molar-refractivity contribution in [1.82, 2.24) is 20.9 Å². The van der Waals surface area contributed by atoms with Crippen molar-refractivity contribution in [2.45, 2.75) is 115 Å². The largest absolute Gasteiger partial charge is 0.471 e. The van der Waals surface area contributed by atoms with Gasteiger partial charge < -0.3 is 25.6 Å². The number of fused-ring (bicyclic) bond motifs is 1. The number of piperidine rings is 1. The Kier molecular flexibility index (Phi) is 7.49. The first kappa shape index (κ1) is 31.1. The molecule has 5 aliphatic carbocycles. The number of hydrogen-bond acceptors (Lipinski definition) is 6. The number of hydrogen-bond donors (Lipinski definition) is 3. The van der Waals surface area contributed by atoms with Gasteiger partial charge in [0.25, 0.3) is 0 Å². The maximum absolute atomic E-state index is 14.4. The highest BCUT2D eigenvalue weighted by atomic mass is 19.4. The van der Waals surface area contributed by atoms with Crippen LogP contribution in [0.3, 0.4) is 0 Å². The first-order chi connectivity index (χ1) is 20.5. The molecule has 8 atom stereocenters. The number of amides is 4. The normalized spacial score (nSPS) is 41.2. The predicted molar refractivity (Wildman–Crippen MR) is 149 cm³/mol. The first-order valence-electron chi connectivity index (χ1n) is 15.9. The molecule has 0 aromatic heterocycles. The van der Waals surface area contributed by atoms with E-state index in [9.17, 15) is 37.6 Å². The number of likely N-dealkylation sites (tertiary alicyclic amines) is 1. The second kappa shape index (κ2) is 10.6. The minimum atomic E-state index is -5.16. The Bertz CT molecular complexity index is 1240. The van der Waals surface area contributed by atoms with Gasteiger partial charge >= 0.3 is 12.1 Å². The topological polar surface area (TPSA) is 141 Å². The predicted octanol–water partition coefficient (Wildman–Crippen LogP) is 2.42. The Morgan fingerprint density at radius 3 is 2.23 bits per heavy atom. The standard InChI is InChI=1S/C31H42F3N5O5/c1-14-15(2)44-21(25(40)36-14)8-19(12-35)37-26(41)23-22-20(29(22,3)4)13-39(23)27(42)24(38-28(43)31(32,33)34)30-9-16-5-17(10-30)7-18(6-16)11-30/h14-24H,5-11,13H2,1-4H3,(H,36,40)(H,37,41)(H,38,43)/t14?,15?,16?,17?,18?,19-,20-,21?,22-,23-,24?,30?/m0/s1. The van der Waals surface area contributed by atoms with E-state index >= 15 is 0 Å². The monoisotopic (exact) mass is 621 g/mol. The van der Waals surface area contributed by atoms with Gasteiger partial charge in [0.1, 0.15) is 24.2 Å². The molecule has 7 fully saturated rings. The molecular formula is C31H42F3N5O5. The van der Waals surface area contributed by atoms with E-state index in [1.54, 1.807) is 13.8 Å². The van der Waals surface area contributed by atoms with Crippen LogP contribution in [0.5, 0.6) is 0 Å². The Labute approximate surface area is 255 Å². The fourth-order valence-electron chi connectivity index (χ4n) is 9.85. The van der Waals surface area contributed by atoms with Crippen LogP contribution < -0.4 is 16.0 Å². The summed E-state index contributed by atoms with van der Waals surface area (Å²) < 4.78 is 46.5. The Balaban J connectivity index is 1.24. The molecule has 0 aromatic carbocycles. The second-order valence-electron chi connectivity index (χ2n) is 15.1. The van der Waals surface area contributed by atoms with Gasteiger partial charge in [-0.05, 0) is 87.4 Å². The van der Waals surface area contributed by atoms with Crippen LogP contribution in [-0.2, 0) is 23.9 Å². The minimum absolute atomic E-state index is 0.0483. The quantitative estimate of drug-likeness (QED) is 0.399. The van der Waals surface area contributed by atoms with E-state index < -0.39 is 53.5 Å². The van der Waals surface area contributed by atoms with Crippen molar-refractivity contribution in [2.75, 3.05) is 6.54 Å². The van der Waals surface area contributed by atoms with Crippen LogP contribution in [0.4, 0.5) is 13.2 Å². The molecule has 4 amide bonds. The summed E-state index contributed by atoms with van der Waals surface area (Å²) >= 11 is 0. The molecule has 0 radical (unpaired) electrons. The summed E-state index contributed by atoms with van der Waals surface area (Å²) in [6.45, 7) is 7.75. The summed E-state index contributed by atoms with van der Waals surface area (Å²) in [7, 11) is 0. The highest BCUT2D eigenvalue weighted by Gasteiger charge is 2.70. The molecule has 0 spiro atoms. The summed E-state index contributed by atoms with van der Waals surface area (Å²) in [5.41, 5.74) is -1.07. The van der Waals surface area contributed by atoms with Crippen molar-refractivity contribution in [3.63, 3.8) is 0 Å². The molecule has 44 heavy (non-hydrogen) atoms. The van der Waals surface area contributed by atoms with E-state index in [1.165, 1.54) is 4.90 Å². The maximum atomic E-state index is 14.4. The van der Waals surface area contributed by atoms with Gasteiger partial charge in [0, 0.05) is 18.4 Å². The number of rotatable bonds is 7. The second-order valence-corrected chi connectivity index (χ2v) is 15.1. The number of alkyl halides is 3. The molecule has 2 aliphatic heterocycles. The lowest BCUT2D eigenvalue weighted by atomic mass is 9.47. The third-order valence-corrected chi connectivity index (χ3v) is 11.9. The summed E-state index contributed by atoms with van der Waals surface area (Å²) in [6, 6.07) is -1.69. The van der Waals surface area contributed by atoms with Crippen LogP contribution >= 0.6 is 0 Å². The maximum Gasteiger partial charge on any atom is 0.471 e. The van der Waals surface area contributed by atoms with Gasteiger partial charge in [0.15, 0.2) is 0 Å². The number of carbonyl (C=O) groups excluding carboxylic acids is 4. The molecule has 10 nitrogen and oxygen atoms in total. The number of ether oxygens (including phenoxy) is 1. The lowest BCUT2D eigenvalue weighted by Gasteiger charge is -2.59. The average Bonchev–Trinajstić information content (AvgIpc) is 3.25. The molecule has 3 N–H and O–H groups in total. The average molecular weight is 622 g/mol. The van der Waals surface area contributed by atoms with Crippen LogP contribution in [0.15, 0.2) is 0 Å². The zero-order chi connectivity index (χ0) is 31.9. The van der Waals surface area contributed by atoms with Crippen molar-refractivity contribution in [2.24, 2.45) is 40.4 Å². The minimum Gasteiger partial charge on any atom is -0.363 e. The molecule has 7 aliphatic rings. The molecule has 4 unspecified atom stereocenters. The summed E-state index contributed by atoms with van der Waals surface area (Å²) in [5.74, 6) is -3.14. The van der Waals surface area contributed by atoms with Gasteiger partial charge in [0.2, 0.25) is 17.7 Å². The first-order valence-corrected chi connectivity index (χ1v) is 15.9. The molecule has 2 saturated heterocycles. The third-order valence-electron chi connectivity index (χ3n) is 11.9. The summed E-state index contributed by atoms with van der Waals surface area (Å²) in [4.78, 5) is 54.5. The van der Waals surface area contributed by atoms with Crippen molar-refractivity contribution in [1.29, 1.82) is 5.26 Å². The van der Waals surface area contributed by atoms with E-state index in [0.29, 0.717) is 37.0 Å². The summed E-state index contributed by atoms with van der Waals surface area (Å²) in [6.07, 6.45) is -1.78. The lowest BCUT2D eigenvalue weighted by Crippen LogP contribution is -2.65. The smallest absolute Gasteiger partial charge is 0.363 e. The fraction of sp³-hybridized carbons (Fsp3) is 0.839. The SMILES string of the molecule is CC1NC(=O)C(C[C@@H](C#N)NC(=O)[C@@H]2[C@@H]3[C@H](CN2C(=O)C(NC(=O)C(F)(F)F)C24CC5CC(CC(C5)C2)C4)C3(C)C)OC1C. The van der Waals surface area contributed by atoms with Crippen LogP contribution in [0, 0.1) is 51.8 Å². The molecule has 7 rings (SSSR count). The number of halogens is 3. The summed E-state index contributed by atoms with van der Waals surface area (Å²) in [5, 5.41) is 17.5. The van der Waals surface area contributed by atoms with Crippen molar-refractivity contribution in [3.05, 3.63) is 0 Å². The van der Waals surface area contributed by atoms with Gasteiger partial charge in [0.05, 0.1) is 18.2 Å². The lowest BCUT2D eigenvalue weighted by molar-refractivity contribution is -0.179. The highest BCUT2D eigenvalue weighted by Crippen LogP contribution is 2.66. The van der Waals surface area contributed by atoms with E-state index in [0.717, 1.165) is 19.3 Å². The van der Waals surface area contributed by atoms with E-state index in [1.807, 2.05) is 19.9 Å². The molecular weight excluding hydrogens is 579 g/mol. The Morgan fingerprint density at radius 2 is 1.68 bits per heavy atom. The van der Waals surface area contributed by atoms with Gasteiger partial charge in [-0.1, -0.05) is 13.8 Å². The van der Waals surface area contributed by atoms with Crippen LogP contribution in [-0.4, -0.2) is 77.6 Å². The van der Waals surface area contributed by atoms with E-state index in [4.69, 9.17) is 4.74 Å². The molecule has 5 saturated carbocycles. The van der Waals surface area contributed by atoms with Gasteiger partial charge in [-0.15, -0.1) is 0 Å². The van der Waals surface area contributed by atoms with Crippen LogP contribution in [0.25, 0.3) is 0 Å². The number of morpholine rings is 1. The Hall–Kier alpha value is -2.88. The van der Waals surface area contributed by atoms with Gasteiger partial charge in [-0.3, -0.25) is 19.2 Å². The highest BCUT2D eigenvalue weighted by molar-refractivity contribution is 5.95. The Morgan fingerprint density at radius 1 is 1.09 bits per heavy atom. The van der Waals surface area contributed by atoms with Crippen molar-refractivity contribution < 1.29 is 37.1 Å². The number of carbonyl (C=O) groups is 4. The zero-order valence-electron chi connectivity index (χ0n) is 25.6. The van der Waals surface area contributed by atoms with Gasteiger partial charge in [-0.25, -0.2) is 0 Å². The number of nitrogens with zero attached hydrogens (tertiary/aromatic N) is 2. The van der Waals surface area contributed by atoms with Crippen LogP contribution in [0.2, 0.25) is 0 Å². The molecule has 4 bridgehead atoms. The zero-order valence-corrected chi connectivity index (χ0v) is 25.6. The molecule has 0 aromatic rings. The van der Waals surface area contributed by atoms with Gasteiger partial charge in [-0.2, -0.15) is 18.4 Å². The third kappa shape index (κ3) is 5.24. The van der Waals surface area contributed by atoms with Crippen molar-refractivity contribution in [3.8, 4) is 6.07 Å². The molecule has 2 heterocycles.